The number of esters is 1. The van der Waals surface area contributed by atoms with Crippen molar-refractivity contribution in [1.82, 2.24) is 0 Å². The Balaban J connectivity index is 2.42. The quantitative estimate of drug-likeness (QED) is 0.733. The Morgan fingerprint density at radius 1 is 1.41 bits per heavy atom. The van der Waals surface area contributed by atoms with Crippen LogP contribution in [0.25, 0.3) is 0 Å². The topological polar surface area (TPSA) is 46.6 Å². The van der Waals surface area contributed by atoms with Crippen molar-refractivity contribution in [2.45, 2.75) is 19.8 Å². The van der Waals surface area contributed by atoms with E-state index in [1.165, 1.54) is 7.11 Å². The van der Waals surface area contributed by atoms with E-state index in [1.807, 2.05) is 13.0 Å². The molecule has 0 N–H and O–H groups in total. The molecule has 0 aliphatic carbocycles. The van der Waals surface area contributed by atoms with Crippen LogP contribution in [-0.4, -0.2) is 25.5 Å². The van der Waals surface area contributed by atoms with Crippen LogP contribution in [0.15, 0.2) is 18.2 Å². The van der Waals surface area contributed by atoms with Gasteiger partial charge in [0, 0.05) is 18.7 Å². The molecule has 1 aromatic rings. The van der Waals surface area contributed by atoms with Crippen molar-refractivity contribution in [3.05, 3.63) is 29.3 Å². The van der Waals surface area contributed by atoms with E-state index >= 15 is 0 Å². The Morgan fingerprint density at radius 3 is 2.76 bits per heavy atom. The lowest BCUT2D eigenvalue weighted by Crippen LogP contribution is -2.25. The molecule has 0 saturated carbocycles. The van der Waals surface area contributed by atoms with Gasteiger partial charge in [-0.25, -0.2) is 4.79 Å². The minimum absolute atomic E-state index is 0.120. The van der Waals surface area contributed by atoms with Gasteiger partial charge in [0.1, 0.15) is 0 Å². The number of rotatable bonds is 2. The Labute approximate surface area is 100 Å². The van der Waals surface area contributed by atoms with Gasteiger partial charge < -0.3 is 9.64 Å². The summed E-state index contributed by atoms with van der Waals surface area (Å²) >= 11 is 0. The molecular weight excluding hydrogens is 218 g/mol. The molecule has 1 aliphatic rings. The summed E-state index contributed by atoms with van der Waals surface area (Å²) in [7, 11) is 1.36. The first kappa shape index (κ1) is 11.6. The number of carbonyl (C=O) groups is 2. The number of nitrogens with zero attached hydrogens (tertiary/aromatic N) is 1. The second-order valence-corrected chi connectivity index (χ2v) is 4.09. The highest BCUT2D eigenvalue weighted by Gasteiger charge is 2.24. The highest BCUT2D eigenvalue weighted by Crippen LogP contribution is 2.27. The molecule has 4 nitrogen and oxygen atoms in total. The number of hydrogen-bond acceptors (Lipinski definition) is 3. The van der Waals surface area contributed by atoms with Gasteiger partial charge in [0.2, 0.25) is 5.91 Å². The fourth-order valence-electron chi connectivity index (χ4n) is 2.15. The fraction of sp³-hybridized carbons (Fsp3) is 0.385. The third-order valence-electron chi connectivity index (χ3n) is 3.07. The third-order valence-corrected chi connectivity index (χ3v) is 3.07. The Kier molecular flexibility index (Phi) is 3.13. The van der Waals surface area contributed by atoms with Crippen molar-refractivity contribution >= 4 is 17.6 Å². The molecule has 0 radical (unpaired) electrons. The summed E-state index contributed by atoms with van der Waals surface area (Å²) < 4.78 is 4.72. The zero-order valence-electron chi connectivity index (χ0n) is 10.0. The Morgan fingerprint density at radius 2 is 2.18 bits per heavy atom. The van der Waals surface area contributed by atoms with Gasteiger partial charge in [-0.2, -0.15) is 0 Å². The minimum Gasteiger partial charge on any atom is -0.465 e. The van der Waals surface area contributed by atoms with Crippen LogP contribution in [0.1, 0.15) is 28.8 Å². The normalized spacial score (nSPS) is 15.2. The molecule has 0 aromatic heterocycles. The molecular formula is C13H15NO3. The van der Waals surface area contributed by atoms with E-state index in [0.717, 1.165) is 24.2 Å². The van der Waals surface area contributed by atoms with Crippen LogP contribution in [0.3, 0.4) is 0 Å². The van der Waals surface area contributed by atoms with E-state index in [2.05, 4.69) is 0 Å². The summed E-state index contributed by atoms with van der Waals surface area (Å²) in [4.78, 5) is 25.0. The number of hydrogen-bond donors (Lipinski definition) is 0. The van der Waals surface area contributed by atoms with Crippen LogP contribution in [-0.2, 0) is 9.53 Å². The average Bonchev–Trinajstić information content (AvgIpc) is 2.75. The van der Waals surface area contributed by atoms with Gasteiger partial charge in [-0.15, -0.1) is 0 Å². The maximum atomic E-state index is 11.7. The van der Waals surface area contributed by atoms with E-state index in [1.54, 1.807) is 17.0 Å². The number of anilines is 1. The molecule has 1 aromatic carbocycles. The zero-order chi connectivity index (χ0) is 12.4. The van der Waals surface area contributed by atoms with E-state index in [-0.39, 0.29) is 11.9 Å². The molecule has 0 spiro atoms. The lowest BCUT2D eigenvalue weighted by Gasteiger charge is -2.19. The Bertz CT molecular complexity index is 468. The van der Waals surface area contributed by atoms with Gasteiger partial charge in [-0.1, -0.05) is 6.07 Å². The van der Waals surface area contributed by atoms with Crippen molar-refractivity contribution < 1.29 is 14.3 Å². The summed E-state index contributed by atoms with van der Waals surface area (Å²) in [6, 6.07) is 5.36. The second-order valence-electron chi connectivity index (χ2n) is 4.09. The van der Waals surface area contributed by atoms with E-state index in [4.69, 9.17) is 4.74 Å². The summed E-state index contributed by atoms with van der Waals surface area (Å²) in [5.74, 6) is -0.244. The maximum Gasteiger partial charge on any atom is 0.338 e. The fourth-order valence-corrected chi connectivity index (χ4v) is 2.15. The molecule has 2 rings (SSSR count). The summed E-state index contributed by atoms with van der Waals surface area (Å²) in [6.07, 6.45) is 1.46. The van der Waals surface area contributed by atoms with Crippen LogP contribution in [0.5, 0.6) is 0 Å². The van der Waals surface area contributed by atoms with E-state index in [0.29, 0.717) is 12.0 Å². The summed E-state index contributed by atoms with van der Waals surface area (Å²) in [5, 5.41) is 0. The molecule has 90 valence electrons. The minimum atomic E-state index is -0.365. The SMILES string of the molecule is COC(=O)c1cccc(N2CCCC2=O)c1C. The first-order valence-electron chi connectivity index (χ1n) is 5.63. The van der Waals surface area contributed by atoms with Crippen molar-refractivity contribution in [3.8, 4) is 0 Å². The molecule has 4 heteroatoms. The van der Waals surface area contributed by atoms with Gasteiger partial charge in [0.15, 0.2) is 0 Å². The maximum absolute atomic E-state index is 11.7. The standard InChI is InChI=1S/C13H15NO3/c1-9-10(13(16)17-2)5-3-6-11(9)14-8-4-7-12(14)15/h3,5-6H,4,7-8H2,1-2H3. The van der Waals surface area contributed by atoms with Crippen molar-refractivity contribution in [3.63, 3.8) is 0 Å². The number of benzene rings is 1. The highest BCUT2D eigenvalue weighted by atomic mass is 16.5. The summed E-state index contributed by atoms with van der Waals surface area (Å²) in [5.41, 5.74) is 2.13. The first-order chi connectivity index (χ1) is 8.15. The average molecular weight is 233 g/mol. The highest BCUT2D eigenvalue weighted by molar-refractivity contribution is 5.99. The number of ether oxygens (including phenoxy) is 1. The van der Waals surface area contributed by atoms with Gasteiger partial charge in [-0.05, 0) is 31.0 Å². The first-order valence-corrected chi connectivity index (χ1v) is 5.63. The van der Waals surface area contributed by atoms with Crippen molar-refractivity contribution in [2.24, 2.45) is 0 Å². The summed E-state index contributed by atoms with van der Waals surface area (Å²) in [6.45, 7) is 2.57. The van der Waals surface area contributed by atoms with Crippen LogP contribution < -0.4 is 4.90 Å². The predicted octanol–water partition coefficient (Wildman–Crippen LogP) is 1.91. The largest absolute Gasteiger partial charge is 0.465 e. The number of methoxy groups -OCH3 is 1. The molecule has 0 atom stereocenters. The number of amides is 1. The Hall–Kier alpha value is -1.84. The number of carbonyl (C=O) groups excluding carboxylic acids is 2. The second kappa shape index (κ2) is 4.57. The third kappa shape index (κ3) is 2.02. The molecule has 1 fully saturated rings. The van der Waals surface area contributed by atoms with Crippen molar-refractivity contribution in [1.29, 1.82) is 0 Å². The van der Waals surface area contributed by atoms with Gasteiger partial charge in [0.05, 0.1) is 12.7 Å². The zero-order valence-corrected chi connectivity index (χ0v) is 10.0. The van der Waals surface area contributed by atoms with Gasteiger partial charge >= 0.3 is 5.97 Å². The molecule has 1 saturated heterocycles. The lowest BCUT2D eigenvalue weighted by molar-refractivity contribution is -0.117. The van der Waals surface area contributed by atoms with Gasteiger partial charge in [0.25, 0.3) is 0 Å². The molecule has 1 heterocycles. The van der Waals surface area contributed by atoms with Crippen molar-refractivity contribution in [2.75, 3.05) is 18.6 Å². The molecule has 1 aliphatic heterocycles. The predicted molar refractivity (Wildman–Crippen MR) is 64.1 cm³/mol. The van der Waals surface area contributed by atoms with E-state index < -0.39 is 0 Å². The molecule has 1 amide bonds. The van der Waals surface area contributed by atoms with Crippen LogP contribution in [0.2, 0.25) is 0 Å². The molecule has 0 bridgehead atoms. The van der Waals surface area contributed by atoms with Crippen LogP contribution in [0.4, 0.5) is 5.69 Å². The smallest absolute Gasteiger partial charge is 0.338 e. The molecule has 17 heavy (non-hydrogen) atoms. The lowest BCUT2D eigenvalue weighted by atomic mass is 10.1. The van der Waals surface area contributed by atoms with E-state index in [9.17, 15) is 9.59 Å². The molecule has 0 unspecified atom stereocenters. The monoisotopic (exact) mass is 233 g/mol. The van der Waals surface area contributed by atoms with Crippen LogP contribution in [0, 0.1) is 6.92 Å². The van der Waals surface area contributed by atoms with Crippen LogP contribution >= 0.6 is 0 Å². The van der Waals surface area contributed by atoms with Gasteiger partial charge in [-0.3, -0.25) is 4.79 Å².